The first kappa shape index (κ1) is 13.3. The fourth-order valence-electron chi connectivity index (χ4n) is 1.96. The molecule has 0 amide bonds. The van der Waals surface area contributed by atoms with Gasteiger partial charge in [-0.3, -0.25) is 0 Å². The second-order valence-corrected chi connectivity index (χ2v) is 4.24. The topological polar surface area (TPSA) is 68.2 Å². The quantitative estimate of drug-likeness (QED) is 0.808. The van der Waals surface area contributed by atoms with Gasteiger partial charge in [-0.15, -0.1) is 0 Å². The average molecular weight is 254 g/mol. The molecule has 1 aliphatic rings. The zero-order chi connectivity index (χ0) is 13.0. The lowest BCUT2D eigenvalue weighted by Crippen LogP contribution is -2.27. The molecule has 2 rings (SSSR count). The maximum atomic E-state index is 9.34. The van der Waals surface area contributed by atoms with Gasteiger partial charge >= 0.3 is 0 Å². The lowest BCUT2D eigenvalue weighted by molar-refractivity contribution is -0.112. The summed E-state index contributed by atoms with van der Waals surface area (Å²) >= 11 is 0. The molecule has 0 aliphatic carbocycles. The van der Waals surface area contributed by atoms with Crippen molar-refractivity contribution in [3.63, 3.8) is 0 Å². The molecule has 1 saturated heterocycles. The number of methoxy groups -OCH3 is 1. The van der Waals surface area contributed by atoms with Crippen molar-refractivity contribution in [2.45, 2.75) is 31.5 Å². The van der Waals surface area contributed by atoms with Crippen LogP contribution in [0, 0.1) is 0 Å². The minimum Gasteiger partial charge on any atom is -0.497 e. The van der Waals surface area contributed by atoms with Crippen molar-refractivity contribution in [2.24, 2.45) is 0 Å². The van der Waals surface area contributed by atoms with E-state index in [4.69, 9.17) is 19.3 Å². The molecule has 5 nitrogen and oxygen atoms in total. The summed E-state index contributed by atoms with van der Waals surface area (Å²) in [6, 6.07) is 7.56. The predicted octanol–water partition coefficient (Wildman–Crippen LogP) is 0.680. The number of ether oxygens (including phenoxy) is 3. The van der Waals surface area contributed by atoms with E-state index >= 15 is 0 Å². The molecule has 0 spiro atoms. The second-order valence-electron chi connectivity index (χ2n) is 4.24. The molecule has 2 N–H and O–H groups in total. The number of aliphatic hydroxyl groups is 2. The minimum atomic E-state index is -0.844. The van der Waals surface area contributed by atoms with Crippen molar-refractivity contribution in [3.8, 4) is 5.75 Å². The van der Waals surface area contributed by atoms with Gasteiger partial charge in [0.15, 0.2) is 6.29 Å². The molecule has 0 unspecified atom stereocenters. The second kappa shape index (κ2) is 6.15. The number of rotatable bonds is 5. The van der Waals surface area contributed by atoms with Crippen LogP contribution in [0.5, 0.6) is 5.75 Å². The SMILES string of the molecule is COc1ccc(CO[C@@H]2C[C@@H](O)O[C@@H]2CO)cc1. The van der Waals surface area contributed by atoms with Crippen LogP contribution in [0.1, 0.15) is 12.0 Å². The van der Waals surface area contributed by atoms with Crippen molar-refractivity contribution in [3.05, 3.63) is 29.8 Å². The maximum Gasteiger partial charge on any atom is 0.157 e. The lowest BCUT2D eigenvalue weighted by atomic mass is 10.2. The van der Waals surface area contributed by atoms with E-state index < -0.39 is 12.4 Å². The molecule has 18 heavy (non-hydrogen) atoms. The first-order chi connectivity index (χ1) is 8.72. The minimum absolute atomic E-state index is 0.148. The van der Waals surface area contributed by atoms with Crippen LogP contribution in [0.3, 0.4) is 0 Å². The molecule has 1 aromatic rings. The maximum absolute atomic E-state index is 9.34. The van der Waals surface area contributed by atoms with Crippen molar-refractivity contribution in [1.29, 1.82) is 0 Å². The molecule has 1 heterocycles. The van der Waals surface area contributed by atoms with E-state index in [0.717, 1.165) is 11.3 Å². The smallest absolute Gasteiger partial charge is 0.157 e. The number of aliphatic hydroxyl groups excluding tert-OH is 2. The van der Waals surface area contributed by atoms with Crippen molar-refractivity contribution >= 4 is 0 Å². The molecule has 0 aromatic heterocycles. The molecule has 1 aliphatic heterocycles. The van der Waals surface area contributed by atoms with Crippen LogP contribution in [0.2, 0.25) is 0 Å². The van der Waals surface area contributed by atoms with Gasteiger partial charge in [0.2, 0.25) is 0 Å². The fourth-order valence-corrected chi connectivity index (χ4v) is 1.96. The van der Waals surface area contributed by atoms with Gasteiger partial charge < -0.3 is 24.4 Å². The Morgan fingerprint density at radius 1 is 1.33 bits per heavy atom. The monoisotopic (exact) mass is 254 g/mol. The first-order valence-corrected chi connectivity index (χ1v) is 5.92. The fraction of sp³-hybridized carbons (Fsp3) is 0.538. The largest absolute Gasteiger partial charge is 0.497 e. The third-order valence-electron chi connectivity index (χ3n) is 2.98. The highest BCUT2D eigenvalue weighted by molar-refractivity contribution is 5.26. The zero-order valence-electron chi connectivity index (χ0n) is 10.3. The van der Waals surface area contributed by atoms with E-state index in [9.17, 15) is 5.11 Å². The van der Waals surface area contributed by atoms with E-state index in [0.29, 0.717) is 13.0 Å². The molecule has 1 fully saturated rings. The van der Waals surface area contributed by atoms with Crippen LogP contribution >= 0.6 is 0 Å². The van der Waals surface area contributed by atoms with E-state index in [-0.39, 0.29) is 12.7 Å². The summed E-state index contributed by atoms with van der Waals surface area (Å²) < 4.78 is 15.8. The van der Waals surface area contributed by atoms with Crippen molar-refractivity contribution in [1.82, 2.24) is 0 Å². The molecular formula is C13H18O5. The van der Waals surface area contributed by atoms with Gasteiger partial charge in [-0.05, 0) is 17.7 Å². The summed E-state index contributed by atoms with van der Waals surface area (Å²) in [4.78, 5) is 0. The Hall–Kier alpha value is -1.14. The van der Waals surface area contributed by atoms with Gasteiger partial charge in [0, 0.05) is 6.42 Å². The Morgan fingerprint density at radius 3 is 2.67 bits per heavy atom. The highest BCUT2D eigenvalue weighted by Crippen LogP contribution is 2.23. The Kier molecular flexibility index (Phi) is 4.54. The summed E-state index contributed by atoms with van der Waals surface area (Å²) in [7, 11) is 1.62. The summed E-state index contributed by atoms with van der Waals surface area (Å²) in [6.07, 6.45) is -1.17. The summed E-state index contributed by atoms with van der Waals surface area (Å²) in [5, 5.41) is 18.4. The molecular weight excluding hydrogens is 236 g/mol. The van der Waals surface area contributed by atoms with Crippen LogP contribution in [0.15, 0.2) is 24.3 Å². The summed E-state index contributed by atoms with van der Waals surface area (Å²) in [6.45, 7) is 0.269. The zero-order valence-corrected chi connectivity index (χ0v) is 10.3. The van der Waals surface area contributed by atoms with Gasteiger partial charge in [-0.2, -0.15) is 0 Å². The summed E-state index contributed by atoms with van der Waals surface area (Å²) in [5.74, 6) is 0.798. The molecule has 0 radical (unpaired) electrons. The van der Waals surface area contributed by atoms with Crippen molar-refractivity contribution in [2.75, 3.05) is 13.7 Å². The molecule has 3 atom stereocenters. The highest BCUT2D eigenvalue weighted by atomic mass is 16.6. The Morgan fingerprint density at radius 2 is 2.06 bits per heavy atom. The van der Waals surface area contributed by atoms with E-state index in [1.54, 1.807) is 7.11 Å². The molecule has 1 aromatic carbocycles. The van der Waals surface area contributed by atoms with Crippen LogP contribution in [0.25, 0.3) is 0 Å². The van der Waals surface area contributed by atoms with Crippen LogP contribution < -0.4 is 4.74 Å². The van der Waals surface area contributed by atoms with Gasteiger partial charge in [-0.1, -0.05) is 12.1 Å². The van der Waals surface area contributed by atoms with Crippen LogP contribution in [-0.2, 0) is 16.1 Å². The van der Waals surface area contributed by atoms with E-state index in [2.05, 4.69) is 0 Å². The molecule has 100 valence electrons. The summed E-state index contributed by atoms with van der Waals surface area (Å²) in [5.41, 5.74) is 1.01. The predicted molar refractivity (Wildman–Crippen MR) is 64.2 cm³/mol. The van der Waals surface area contributed by atoms with Gasteiger partial charge in [-0.25, -0.2) is 0 Å². The normalized spacial score (nSPS) is 27.4. The third kappa shape index (κ3) is 3.20. The number of hydrogen-bond donors (Lipinski definition) is 2. The van der Waals surface area contributed by atoms with Gasteiger partial charge in [0.05, 0.1) is 26.4 Å². The third-order valence-corrected chi connectivity index (χ3v) is 2.98. The van der Waals surface area contributed by atoms with Gasteiger partial charge in [0.1, 0.15) is 11.9 Å². The van der Waals surface area contributed by atoms with Gasteiger partial charge in [0.25, 0.3) is 0 Å². The van der Waals surface area contributed by atoms with E-state index in [1.165, 1.54) is 0 Å². The Bertz CT molecular complexity index is 364. The van der Waals surface area contributed by atoms with Crippen LogP contribution in [0.4, 0.5) is 0 Å². The lowest BCUT2D eigenvalue weighted by Gasteiger charge is -2.16. The van der Waals surface area contributed by atoms with E-state index in [1.807, 2.05) is 24.3 Å². The number of benzene rings is 1. The average Bonchev–Trinajstić information content (AvgIpc) is 2.77. The number of hydrogen-bond acceptors (Lipinski definition) is 5. The molecule has 0 bridgehead atoms. The molecule has 5 heteroatoms. The first-order valence-electron chi connectivity index (χ1n) is 5.92. The molecule has 0 saturated carbocycles. The van der Waals surface area contributed by atoms with Crippen molar-refractivity contribution < 1.29 is 24.4 Å². The highest BCUT2D eigenvalue weighted by Gasteiger charge is 2.34. The Labute approximate surface area is 106 Å². The van der Waals surface area contributed by atoms with Crippen LogP contribution in [-0.4, -0.2) is 42.4 Å². The standard InChI is InChI=1S/C13H18O5/c1-16-10-4-2-9(3-5-10)8-17-11-6-13(15)18-12(11)7-14/h2-5,11-15H,6-8H2,1H3/t11-,12-,13+/m1/s1. The Balaban J connectivity index is 1.86.